The van der Waals surface area contributed by atoms with Crippen molar-refractivity contribution >= 4 is 12.8 Å². The fourth-order valence-corrected chi connectivity index (χ4v) is 4.96. The Balaban J connectivity index is 0. The summed E-state index contributed by atoms with van der Waals surface area (Å²) in [6.45, 7) is 8.38. The maximum atomic E-state index is 10.6. The van der Waals surface area contributed by atoms with Gasteiger partial charge in [-0.3, -0.25) is 0 Å². The van der Waals surface area contributed by atoms with Crippen molar-refractivity contribution in [2.75, 3.05) is 0 Å². The normalized spacial score (nSPS) is 17.7. The van der Waals surface area contributed by atoms with E-state index in [0.717, 1.165) is 0 Å². The van der Waals surface area contributed by atoms with Gasteiger partial charge in [0.2, 0.25) is 0 Å². The van der Waals surface area contributed by atoms with Crippen molar-refractivity contribution < 1.29 is 52.8 Å². The van der Waals surface area contributed by atoms with Crippen molar-refractivity contribution in [3.8, 4) is 0 Å². The second kappa shape index (κ2) is 8.75. The van der Waals surface area contributed by atoms with Crippen LogP contribution in [-0.4, -0.2) is 12.8 Å². The summed E-state index contributed by atoms with van der Waals surface area (Å²) < 4.78 is 6.80. The number of hydrogen-bond donors (Lipinski definition) is 2. The van der Waals surface area contributed by atoms with Crippen LogP contribution in [0.15, 0.2) is 20.6 Å². The van der Waals surface area contributed by atoms with Gasteiger partial charge in [-0.05, 0) is 0 Å². The second-order valence-electron chi connectivity index (χ2n) is 3.97. The molecule has 7 heteroatoms. The zero-order valence-corrected chi connectivity index (χ0v) is 13.9. The molecule has 4 nitrogen and oxygen atoms in total. The van der Waals surface area contributed by atoms with Gasteiger partial charge in [0.05, 0.1) is 0 Å². The Morgan fingerprint density at radius 1 is 1.00 bits per heavy atom. The molecule has 1 aliphatic carbocycles. The summed E-state index contributed by atoms with van der Waals surface area (Å²) in [6, 6.07) is 0. The van der Waals surface area contributed by atoms with Crippen molar-refractivity contribution in [2.24, 2.45) is 5.92 Å². The van der Waals surface area contributed by atoms with Crippen LogP contribution in [0.4, 0.5) is 0 Å². The predicted molar refractivity (Wildman–Crippen MR) is 58.6 cm³/mol. The van der Waals surface area contributed by atoms with E-state index < -0.39 is 18.4 Å². The molecule has 2 N–H and O–H groups in total. The molecular formula is C11H17Cl2N2O2Ti. The van der Waals surface area contributed by atoms with Crippen molar-refractivity contribution in [3.05, 3.63) is 20.6 Å². The van der Waals surface area contributed by atoms with E-state index in [0.29, 0.717) is 18.7 Å². The third-order valence-electron chi connectivity index (χ3n) is 3.32. The summed E-state index contributed by atoms with van der Waals surface area (Å²) in [5.41, 5.74) is 3.84. The van der Waals surface area contributed by atoms with Crippen molar-refractivity contribution in [3.63, 3.8) is 0 Å². The average molecular weight is 328 g/mol. The number of carbonyl (C=O) groups is 2. The number of nitrogens with one attached hydrogen (secondary N) is 2. The summed E-state index contributed by atoms with van der Waals surface area (Å²) in [5.74, 6) is 0.329. The molecule has 0 fully saturated rings. The van der Waals surface area contributed by atoms with Gasteiger partial charge in [0.15, 0.2) is 0 Å². The minimum absolute atomic E-state index is 0. The molecule has 0 aromatic heterocycles. The Morgan fingerprint density at radius 3 is 1.72 bits per heavy atom. The van der Waals surface area contributed by atoms with Gasteiger partial charge < -0.3 is 24.8 Å². The summed E-state index contributed by atoms with van der Waals surface area (Å²) in [5, 5.41) is 0. The van der Waals surface area contributed by atoms with Crippen LogP contribution in [0.3, 0.4) is 0 Å². The number of hydrogen-bond acceptors (Lipinski definition) is 2. The van der Waals surface area contributed by atoms with E-state index in [1.54, 1.807) is 0 Å². The fraction of sp³-hybridized carbons (Fsp3) is 0.455. The first-order valence-corrected chi connectivity index (χ1v) is 7.55. The number of rotatable bonds is 5. The van der Waals surface area contributed by atoms with Crippen LogP contribution in [0.25, 0.3) is 0 Å². The maximum absolute atomic E-state index is 10.6. The Labute approximate surface area is 127 Å². The molecule has 1 unspecified atom stereocenters. The molecule has 2 amide bonds. The van der Waals surface area contributed by atoms with Crippen molar-refractivity contribution in [1.82, 2.24) is 7.60 Å². The first kappa shape index (κ1) is 20.0. The van der Waals surface area contributed by atoms with E-state index in [9.17, 15) is 9.59 Å². The summed E-state index contributed by atoms with van der Waals surface area (Å²) in [6.07, 6.45) is 1.36. The van der Waals surface area contributed by atoms with Crippen LogP contribution in [0.2, 0.25) is 0 Å². The van der Waals surface area contributed by atoms with Gasteiger partial charge in [-0.15, -0.1) is 0 Å². The Kier molecular flexibility index (Phi) is 9.75. The van der Waals surface area contributed by atoms with Crippen LogP contribution in [0, 0.1) is 5.92 Å². The molecular weight excluding hydrogens is 311 g/mol. The van der Waals surface area contributed by atoms with Crippen LogP contribution in [-0.2, 0) is 28.0 Å². The van der Waals surface area contributed by atoms with Gasteiger partial charge in [0.1, 0.15) is 0 Å². The molecule has 1 atom stereocenters. The smallest absolute Gasteiger partial charge is 1.00 e. The summed E-state index contributed by atoms with van der Waals surface area (Å²) in [4.78, 5) is 21.1. The molecule has 0 bridgehead atoms. The first-order chi connectivity index (χ1) is 7.54. The minimum atomic E-state index is -2.17. The van der Waals surface area contributed by atoms with Crippen molar-refractivity contribution in [2.45, 2.75) is 27.7 Å². The van der Waals surface area contributed by atoms with E-state index in [1.165, 1.54) is 20.6 Å². The Hall–Kier alpha value is -0.286. The molecule has 0 saturated heterocycles. The molecule has 101 valence electrons. The first-order valence-electron chi connectivity index (χ1n) is 5.20. The zero-order chi connectivity index (χ0) is 12.3. The number of amides is 2. The molecule has 0 spiro atoms. The maximum Gasteiger partial charge on any atom is -1.00 e. The van der Waals surface area contributed by atoms with Gasteiger partial charge >= 0.3 is 103 Å². The van der Waals surface area contributed by atoms with Crippen LogP contribution < -0.4 is 32.4 Å². The third kappa shape index (κ3) is 3.85. The van der Waals surface area contributed by atoms with Crippen LogP contribution in [0.5, 0.6) is 0 Å². The molecule has 18 heavy (non-hydrogen) atoms. The number of carbonyl (C=O) groups excluding carboxylic acids is 2. The van der Waals surface area contributed by atoms with Gasteiger partial charge in [-0.2, -0.15) is 0 Å². The molecule has 0 saturated carbocycles. The standard InChI is InChI=1S/C9H13.2CH3NO.2ClH.Ti/c1-6-5-7(2)9(4)8(6)3;2*2-1-3;;;/h6H,1-4H3;2*1H,(H2,2,3);2*1H;/q;;;;;+4/p-4. The molecule has 0 aromatic carbocycles. The number of halogens is 2. The quantitative estimate of drug-likeness (QED) is 0.393. The van der Waals surface area contributed by atoms with Gasteiger partial charge in [-0.25, -0.2) is 0 Å². The topological polar surface area (TPSA) is 58.2 Å². The molecule has 1 rings (SSSR count). The average Bonchev–Trinajstić information content (AvgIpc) is 2.44. The Bertz CT molecular complexity index is 373. The SMILES string of the molecule is CC1=C(C)C(C)[C]([Ti+2]([NH]C=O)[NH]C=O)=C1C.[Cl-].[Cl-]. The minimum Gasteiger partial charge on any atom is -1.00 e. The van der Waals surface area contributed by atoms with Crippen molar-refractivity contribution in [1.29, 1.82) is 0 Å². The van der Waals surface area contributed by atoms with E-state index in [-0.39, 0.29) is 24.8 Å². The van der Waals surface area contributed by atoms with E-state index >= 15 is 0 Å². The van der Waals surface area contributed by atoms with Gasteiger partial charge in [0.25, 0.3) is 0 Å². The fourth-order valence-electron chi connectivity index (χ4n) is 2.08. The van der Waals surface area contributed by atoms with E-state index in [4.69, 9.17) is 0 Å². The van der Waals surface area contributed by atoms with Crippen LogP contribution in [0.1, 0.15) is 27.7 Å². The van der Waals surface area contributed by atoms with Gasteiger partial charge in [-0.1, -0.05) is 0 Å². The zero-order valence-electron chi connectivity index (χ0n) is 10.8. The summed E-state index contributed by atoms with van der Waals surface area (Å²) >= 11 is -2.17. The second-order valence-corrected chi connectivity index (χ2v) is 6.88. The Morgan fingerprint density at radius 2 is 1.44 bits per heavy atom. The molecule has 0 aromatic rings. The molecule has 0 aliphatic heterocycles. The molecule has 1 aliphatic rings. The third-order valence-corrected chi connectivity index (χ3v) is 6.69. The van der Waals surface area contributed by atoms with E-state index in [1.807, 2.05) is 0 Å². The van der Waals surface area contributed by atoms with Crippen LogP contribution >= 0.6 is 0 Å². The van der Waals surface area contributed by atoms with Gasteiger partial charge in [0, 0.05) is 0 Å². The molecule has 0 radical (unpaired) electrons. The monoisotopic (exact) mass is 327 g/mol. The predicted octanol–water partition coefficient (Wildman–Crippen LogP) is -4.81. The molecule has 0 heterocycles. The largest absolute Gasteiger partial charge is 1.00 e. The van der Waals surface area contributed by atoms with E-state index in [2.05, 4.69) is 35.3 Å². The number of allylic oxidation sites excluding steroid dienone is 4. The summed E-state index contributed by atoms with van der Waals surface area (Å²) in [7, 11) is 0.